The second-order valence-electron chi connectivity index (χ2n) is 4.85. The average molecular weight is 281 g/mol. The van der Waals surface area contributed by atoms with E-state index in [0.717, 1.165) is 0 Å². The molecule has 0 saturated carbocycles. The molecule has 0 heterocycles. The van der Waals surface area contributed by atoms with Gasteiger partial charge in [-0.3, -0.25) is 4.79 Å². The number of nitriles is 1. The molecule has 0 saturated heterocycles. The smallest absolute Gasteiger partial charge is 0.308 e. The highest BCUT2D eigenvalue weighted by atomic mass is 35.5. The van der Waals surface area contributed by atoms with Crippen molar-refractivity contribution in [1.29, 1.82) is 5.26 Å². The fourth-order valence-corrected chi connectivity index (χ4v) is 2.01. The van der Waals surface area contributed by atoms with Crippen LogP contribution in [0.1, 0.15) is 25.8 Å². The van der Waals surface area contributed by atoms with E-state index in [4.69, 9.17) is 22.0 Å². The van der Waals surface area contributed by atoms with Crippen LogP contribution < -0.4 is 5.32 Å². The Morgan fingerprint density at radius 3 is 2.74 bits per heavy atom. The molecule has 1 rings (SSSR count). The Morgan fingerprint density at radius 2 is 2.21 bits per heavy atom. The zero-order valence-corrected chi connectivity index (χ0v) is 11.7. The lowest BCUT2D eigenvalue weighted by atomic mass is 9.97. The molecule has 0 aromatic heterocycles. The van der Waals surface area contributed by atoms with Gasteiger partial charge in [-0.15, -0.1) is 0 Å². The quantitative estimate of drug-likeness (QED) is 0.838. The second kappa shape index (κ2) is 7.01. The number of nitrogens with zero attached hydrogens (tertiary/aromatic N) is 1. The normalized spacial score (nSPS) is 11.9. The Kier molecular flexibility index (Phi) is 5.65. The summed E-state index contributed by atoms with van der Waals surface area (Å²) >= 11 is 5.87. The number of aliphatic carboxylic acids is 1. The fourth-order valence-electron chi connectivity index (χ4n) is 1.83. The van der Waals surface area contributed by atoms with Crippen molar-refractivity contribution < 1.29 is 9.90 Å². The summed E-state index contributed by atoms with van der Waals surface area (Å²) in [5.41, 5.74) is 1.03. The van der Waals surface area contributed by atoms with E-state index in [1.54, 1.807) is 18.2 Å². The van der Waals surface area contributed by atoms with Crippen LogP contribution in [-0.4, -0.2) is 17.6 Å². The predicted octanol–water partition coefficient (Wildman–Crippen LogP) is 3.37. The Morgan fingerprint density at radius 1 is 1.53 bits per heavy atom. The van der Waals surface area contributed by atoms with Gasteiger partial charge in [-0.2, -0.15) is 5.26 Å². The summed E-state index contributed by atoms with van der Waals surface area (Å²) in [6.45, 7) is 4.24. The van der Waals surface area contributed by atoms with Crippen LogP contribution in [0.3, 0.4) is 0 Å². The number of carboxylic acids is 1. The number of hydrogen-bond acceptors (Lipinski definition) is 3. The molecule has 4 nitrogen and oxygen atoms in total. The molecule has 19 heavy (non-hydrogen) atoms. The van der Waals surface area contributed by atoms with Gasteiger partial charge in [-0.05, 0) is 30.5 Å². The van der Waals surface area contributed by atoms with Crippen molar-refractivity contribution in [3.63, 3.8) is 0 Å². The topological polar surface area (TPSA) is 73.1 Å². The van der Waals surface area contributed by atoms with Crippen LogP contribution >= 0.6 is 11.6 Å². The fraction of sp³-hybridized carbons (Fsp3) is 0.429. The molecule has 0 aliphatic carbocycles. The minimum absolute atomic E-state index is 0.280. The molecule has 1 unspecified atom stereocenters. The summed E-state index contributed by atoms with van der Waals surface area (Å²) in [5, 5.41) is 21.6. The van der Waals surface area contributed by atoms with Gasteiger partial charge in [0.2, 0.25) is 0 Å². The van der Waals surface area contributed by atoms with Crippen LogP contribution in [0.2, 0.25) is 5.02 Å². The van der Waals surface area contributed by atoms with Crippen LogP contribution in [0.15, 0.2) is 18.2 Å². The monoisotopic (exact) mass is 280 g/mol. The summed E-state index contributed by atoms with van der Waals surface area (Å²) in [7, 11) is 0. The van der Waals surface area contributed by atoms with Gasteiger partial charge in [0.1, 0.15) is 6.07 Å². The molecular weight excluding hydrogens is 264 g/mol. The summed E-state index contributed by atoms with van der Waals surface area (Å²) in [5.74, 6) is -1.01. The largest absolute Gasteiger partial charge is 0.481 e. The Balaban J connectivity index is 2.77. The van der Waals surface area contributed by atoms with E-state index in [-0.39, 0.29) is 6.54 Å². The van der Waals surface area contributed by atoms with E-state index >= 15 is 0 Å². The van der Waals surface area contributed by atoms with Crippen molar-refractivity contribution in [3.8, 4) is 6.07 Å². The summed E-state index contributed by atoms with van der Waals surface area (Å²) < 4.78 is 0. The van der Waals surface area contributed by atoms with Crippen molar-refractivity contribution in [3.05, 3.63) is 28.8 Å². The number of nitrogens with one attached hydrogen (secondary N) is 1. The number of hydrogen-bond donors (Lipinski definition) is 2. The van der Waals surface area contributed by atoms with Crippen LogP contribution in [-0.2, 0) is 4.79 Å². The third-order valence-corrected chi connectivity index (χ3v) is 2.98. The van der Waals surface area contributed by atoms with Crippen molar-refractivity contribution in [2.24, 2.45) is 11.8 Å². The first-order chi connectivity index (χ1) is 8.93. The van der Waals surface area contributed by atoms with E-state index < -0.39 is 11.9 Å². The highest BCUT2D eigenvalue weighted by Gasteiger charge is 2.19. The first kappa shape index (κ1) is 15.3. The Hall–Kier alpha value is -1.73. The van der Waals surface area contributed by atoms with Crippen LogP contribution in [0, 0.1) is 23.2 Å². The van der Waals surface area contributed by atoms with E-state index in [2.05, 4.69) is 5.32 Å². The maximum absolute atomic E-state index is 11.1. The minimum atomic E-state index is -0.832. The van der Waals surface area contributed by atoms with Gasteiger partial charge in [0.25, 0.3) is 0 Å². The molecule has 1 atom stereocenters. The third-order valence-electron chi connectivity index (χ3n) is 2.75. The Labute approximate surface area is 118 Å². The van der Waals surface area contributed by atoms with E-state index in [9.17, 15) is 4.79 Å². The number of carbonyl (C=O) groups is 1. The lowest BCUT2D eigenvalue weighted by Gasteiger charge is -2.16. The van der Waals surface area contributed by atoms with E-state index in [1.165, 1.54) is 0 Å². The molecule has 2 N–H and O–H groups in total. The van der Waals surface area contributed by atoms with Gasteiger partial charge in [-0.1, -0.05) is 25.4 Å². The Bertz CT molecular complexity index is 495. The number of carboxylic acid groups (broad SMARTS) is 1. The van der Waals surface area contributed by atoms with Crippen LogP contribution in [0.25, 0.3) is 0 Å². The van der Waals surface area contributed by atoms with Gasteiger partial charge in [0, 0.05) is 11.6 Å². The van der Waals surface area contributed by atoms with Gasteiger partial charge in [0.05, 0.1) is 17.2 Å². The molecule has 0 amide bonds. The lowest BCUT2D eigenvalue weighted by molar-refractivity contribution is -0.141. The maximum Gasteiger partial charge on any atom is 0.308 e. The van der Waals surface area contributed by atoms with Crippen LogP contribution in [0.5, 0.6) is 0 Å². The number of halogens is 1. The number of anilines is 1. The van der Waals surface area contributed by atoms with Crippen molar-refractivity contribution in [2.75, 3.05) is 11.9 Å². The average Bonchev–Trinajstić information content (AvgIpc) is 2.34. The predicted molar refractivity (Wildman–Crippen MR) is 75.2 cm³/mol. The summed E-state index contributed by atoms with van der Waals surface area (Å²) in [4.78, 5) is 11.1. The molecule has 0 fully saturated rings. The minimum Gasteiger partial charge on any atom is -0.481 e. The molecule has 1 aromatic rings. The second-order valence-corrected chi connectivity index (χ2v) is 5.28. The van der Waals surface area contributed by atoms with Gasteiger partial charge in [-0.25, -0.2) is 0 Å². The maximum atomic E-state index is 11.1. The van der Waals surface area contributed by atoms with E-state index in [0.29, 0.717) is 28.6 Å². The van der Waals surface area contributed by atoms with Gasteiger partial charge >= 0.3 is 5.97 Å². The number of rotatable bonds is 6. The molecule has 0 bridgehead atoms. The molecule has 0 aliphatic heterocycles. The number of benzene rings is 1. The van der Waals surface area contributed by atoms with Gasteiger partial charge < -0.3 is 10.4 Å². The summed E-state index contributed by atoms with van der Waals surface area (Å²) in [6, 6.07) is 6.93. The first-order valence-corrected chi connectivity index (χ1v) is 6.48. The molecule has 0 spiro atoms. The SMILES string of the molecule is CC(C)CC(CNc1cc(Cl)ccc1C#N)C(=O)O. The highest BCUT2D eigenvalue weighted by Crippen LogP contribution is 2.21. The third kappa shape index (κ3) is 4.80. The molecule has 1 aromatic carbocycles. The molecule has 5 heteroatoms. The summed E-state index contributed by atoms with van der Waals surface area (Å²) in [6.07, 6.45) is 0.588. The zero-order chi connectivity index (χ0) is 14.4. The van der Waals surface area contributed by atoms with Crippen molar-refractivity contribution >= 4 is 23.3 Å². The molecule has 102 valence electrons. The standard InChI is InChI=1S/C14H17ClN2O2/c1-9(2)5-11(14(18)19)8-17-13-6-12(15)4-3-10(13)7-16/h3-4,6,9,11,17H,5,8H2,1-2H3,(H,18,19). The van der Waals surface area contributed by atoms with E-state index in [1.807, 2.05) is 19.9 Å². The lowest BCUT2D eigenvalue weighted by Crippen LogP contribution is -2.24. The van der Waals surface area contributed by atoms with Crippen LogP contribution in [0.4, 0.5) is 5.69 Å². The van der Waals surface area contributed by atoms with Crippen molar-refractivity contribution in [2.45, 2.75) is 20.3 Å². The molecule has 0 radical (unpaired) electrons. The van der Waals surface area contributed by atoms with Gasteiger partial charge in [0.15, 0.2) is 0 Å². The first-order valence-electron chi connectivity index (χ1n) is 6.10. The zero-order valence-electron chi connectivity index (χ0n) is 11.0. The molecular formula is C14H17ClN2O2. The highest BCUT2D eigenvalue weighted by molar-refractivity contribution is 6.30. The van der Waals surface area contributed by atoms with Crippen molar-refractivity contribution in [1.82, 2.24) is 0 Å². The molecule has 0 aliphatic rings.